The van der Waals surface area contributed by atoms with Gasteiger partial charge in [-0.15, -0.1) is 0 Å². The molecule has 5 rings (SSSR count). The Balaban J connectivity index is 1.34. The Bertz CT molecular complexity index is 1900. The number of ketones is 1. The van der Waals surface area contributed by atoms with Crippen molar-refractivity contribution in [3.63, 3.8) is 0 Å². The maximum atomic E-state index is 13.8. The number of unbranched alkanes of at least 4 members (excludes halogenated alkanes) is 14. The largest absolute Gasteiger partial charge is 0.506 e. The first-order valence-electron chi connectivity index (χ1n) is 23.1. The molecule has 0 unspecified atom stereocenters. The van der Waals surface area contributed by atoms with Crippen LogP contribution in [0.4, 0.5) is 0 Å². The number of benzene rings is 2. The van der Waals surface area contributed by atoms with Crippen molar-refractivity contribution in [2.75, 3.05) is 0 Å². The van der Waals surface area contributed by atoms with Gasteiger partial charge < -0.3 is 5.11 Å². The van der Waals surface area contributed by atoms with E-state index in [9.17, 15) is 9.90 Å². The summed E-state index contributed by atoms with van der Waals surface area (Å²) in [5.74, 6) is 0.0186. The summed E-state index contributed by atoms with van der Waals surface area (Å²) in [5.41, 5.74) is 8.01. The molecule has 310 valence electrons. The highest BCUT2D eigenvalue weighted by atomic mass is 32.2. The van der Waals surface area contributed by atoms with E-state index >= 15 is 0 Å². The third-order valence-electron chi connectivity index (χ3n) is 11.5. The fourth-order valence-corrected chi connectivity index (χ4v) is 10.2. The van der Waals surface area contributed by atoms with E-state index in [0.717, 1.165) is 49.7 Å². The summed E-state index contributed by atoms with van der Waals surface area (Å²) in [6.45, 7) is 9.03. The minimum atomic E-state index is -0.0844. The molecule has 0 spiro atoms. The molecule has 4 heteroatoms. The maximum Gasteiger partial charge on any atom is 0.238 e. The second-order valence-electron chi connectivity index (χ2n) is 16.6. The predicted molar refractivity (Wildman–Crippen MR) is 257 cm³/mol. The van der Waals surface area contributed by atoms with Gasteiger partial charge in [0.2, 0.25) is 26.9 Å². The monoisotopic (exact) mass is 815 g/mol. The van der Waals surface area contributed by atoms with Gasteiger partial charge in [-0.1, -0.05) is 166 Å². The fourth-order valence-electron chi connectivity index (χ4n) is 7.89. The number of hydrogen-bond acceptors (Lipinski definition) is 3. The maximum absolute atomic E-state index is 13.8. The summed E-state index contributed by atoms with van der Waals surface area (Å²) in [5, 5.41) is 11.4. The quantitative estimate of drug-likeness (QED) is 0.0498. The molecule has 2 aromatic carbocycles. The van der Waals surface area contributed by atoms with E-state index in [0.29, 0.717) is 11.1 Å². The van der Waals surface area contributed by atoms with Crippen LogP contribution in [0.5, 0.6) is 0 Å². The first kappa shape index (κ1) is 45.6. The van der Waals surface area contributed by atoms with Gasteiger partial charge in [0.25, 0.3) is 0 Å². The molecule has 1 N–H and O–H groups in total. The molecule has 0 saturated carbocycles. The highest BCUT2D eigenvalue weighted by molar-refractivity contribution is 8.11. The van der Waals surface area contributed by atoms with Crippen LogP contribution in [0.15, 0.2) is 106 Å². The lowest BCUT2D eigenvalue weighted by molar-refractivity contribution is -0.113. The van der Waals surface area contributed by atoms with E-state index in [4.69, 9.17) is 0 Å². The Morgan fingerprint density at radius 2 is 1.09 bits per heavy atom. The number of hydrogen-bond donors (Lipinski definition) is 1. The molecular weight excluding hydrogens is 745 g/mol. The zero-order chi connectivity index (χ0) is 41.0. The van der Waals surface area contributed by atoms with Crippen LogP contribution < -0.4 is 0 Å². The number of allylic oxidation sites excluding steroid dienone is 7. The van der Waals surface area contributed by atoms with Crippen LogP contribution in [0.3, 0.4) is 0 Å². The highest BCUT2D eigenvalue weighted by Crippen LogP contribution is 2.43. The molecule has 0 atom stereocenters. The molecule has 0 amide bonds. The molecule has 0 bridgehead atoms. The average molecular weight is 816 g/mol. The van der Waals surface area contributed by atoms with Gasteiger partial charge in [0, 0.05) is 29.0 Å². The van der Waals surface area contributed by atoms with Crippen LogP contribution in [-0.4, -0.2) is 10.9 Å². The van der Waals surface area contributed by atoms with Crippen LogP contribution in [-0.2, 0) is 24.1 Å². The Hall–Kier alpha value is -3.47. The lowest BCUT2D eigenvalue weighted by atomic mass is 9.85. The molecule has 3 aromatic rings. The standard InChI is InChI=1S/C54H70O2S2/c1-5-9-13-15-17-21-23-41-27-31-45(32-28-41)51-39-43(35-47(57-51)25-19-11-7-3)37-49-53(55)50(54(49)56)38-44-36-48(26-20-12-8-4)58-52(40-44)46-33-29-42(30-34-46)24-22-18-16-14-10-6-2/h27-40H,5-26H2,1-4H3/p+1. The van der Waals surface area contributed by atoms with Crippen molar-refractivity contribution in [1.29, 1.82) is 0 Å². The van der Waals surface area contributed by atoms with Gasteiger partial charge in [0.15, 0.2) is 0 Å². The number of rotatable bonds is 26. The smallest absolute Gasteiger partial charge is 0.238 e. The van der Waals surface area contributed by atoms with Crippen molar-refractivity contribution in [2.45, 2.75) is 169 Å². The number of carbonyl (C=O) groups is 1. The Morgan fingerprint density at radius 1 is 0.569 bits per heavy atom. The van der Waals surface area contributed by atoms with Gasteiger partial charge in [-0.2, -0.15) is 0 Å². The first-order chi connectivity index (χ1) is 28.4. The van der Waals surface area contributed by atoms with Crippen molar-refractivity contribution in [3.05, 3.63) is 133 Å². The number of Topliss-reactive ketones (excluding diaryl/α,β-unsaturated/α-hetero) is 1. The molecule has 0 fully saturated rings. The molecule has 2 nitrogen and oxygen atoms in total. The molecule has 2 heterocycles. The van der Waals surface area contributed by atoms with E-state index < -0.39 is 0 Å². The molecule has 1 aromatic heterocycles. The molecule has 2 aliphatic rings. The summed E-state index contributed by atoms with van der Waals surface area (Å²) in [7, 11) is 0. The van der Waals surface area contributed by atoms with Crippen LogP contribution >= 0.6 is 23.1 Å². The average Bonchev–Trinajstić information content (AvgIpc) is 3.25. The molecule has 1 aliphatic heterocycles. The molecule has 1 aliphatic carbocycles. The van der Waals surface area contributed by atoms with Crippen LogP contribution in [0.2, 0.25) is 0 Å². The Labute approximate surface area is 360 Å². The van der Waals surface area contributed by atoms with E-state index in [1.54, 1.807) is 0 Å². The SMILES string of the molecule is CCCCCCCCc1ccc(C2=CC(=CC3=C(O)C(=Cc4cc(CCCCC)[s+]c(-c5ccc(CCCCCCCC)cc5)c4)C3=O)C=C(CCCCC)S2)cc1. The minimum absolute atomic E-state index is 0.0844. The van der Waals surface area contributed by atoms with Crippen molar-refractivity contribution < 1.29 is 9.90 Å². The molecule has 58 heavy (non-hydrogen) atoms. The van der Waals surface area contributed by atoms with Gasteiger partial charge in [-0.05, 0) is 114 Å². The van der Waals surface area contributed by atoms with Crippen LogP contribution in [0.1, 0.15) is 177 Å². The number of carbonyl (C=O) groups excluding carboxylic acids is 1. The summed E-state index contributed by atoms with van der Waals surface area (Å²) in [4.78, 5) is 18.8. The number of thioether (sulfide) groups is 1. The van der Waals surface area contributed by atoms with Crippen LogP contribution in [0.25, 0.3) is 21.4 Å². The lowest BCUT2D eigenvalue weighted by Gasteiger charge is -2.21. The molecular formula is C54H71O2S2+. The van der Waals surface area contributed by atoms with E-state index in [1.807, 2.05) is 35.3 Å². The van der Waals surface area contributed by atoms with E-state index in [2.05, 4.69) is 101 Å². The summed E-state index contributed by atoms with van der Waals surface area (Å²) < 4.78 is 0. The third kappa shape index (κ3) is 14.4. The fraction of sp³-hybridized carbons (Fsp3) is 0.481. The summed E-state index contributed by atoms with van der Waals surface area (Å²) in [6, 6.07) is 22.6. The first-order valence-corrected chi connectivity index (χ1v) is 24.7. The van der Waals surface area contributed by atoms with Crippen molar-refractivity contribution in [1.82, 2.24) is 0 Å². The van der Waals surface area contributed by atoms with Gasteiger partial charge in [0.1, 0.15) is 5.76 Å². The van der Waals surface area contributed by atoms with Gasteiger partial charge >= 0.3 is 0 Å². The van der Waals surface area contributed by atoms with Crippen molar-refractivity contribution >= 4 is 39.9 Å². The van der Waals surface area contributed by atoms with Gasteiger partial charge in [-0.3, -0.25) is 4.79 Å². The van der Waals surface area contributed by atoms with E-state index in [-0.39, 0.29) is 11.5 Å². The Morgan fingerprint density at radius 3 is 1.67 bits per heavy atom. The predicted octanol–water partition coefficient (Wildman–Crippen LogP) is 17.2. The highest BCUT2D eigenvalue weighted by Gasteiger charge is 2.33. The molecule has 0 saturated heterocycles. The number of aliphatic hydroxyl groups is 1. The van der Waals surface area contributed by atoms with Gasteiger partial charge in [-0.25, -0.2) is 0 Å². The zero-order valence-corrected chi connectivity index (χ0v) is 37.9. The zero-order valence-electron chi connectivity index (χ0n) is 36.3. The lowest BCUT2D eigenvalue weighted by Crippen LogP contribution is -2.21. The van der Waals surface area contributed by atoms with Crippen molar-refractivity contribution in [2.24, 2.45) is 0 Å². The topological polar surface area (TPSA) is 37.3 Å². The second kappa shape index (κ2) is 25.2. The minimum Gasteiger partial charge on any atom is -0.506 e. The third-order valence-corrected chi connectivity index (χ3v) is 13.8. The summed E-state index contributed by atoms with van der Waals surface area (Å²) in [6.07, 6.45) is 35.4. The second-order valence-corrected chi connectivity index (χ2v) is 18.9. The van der Waals surface area contributed by atoms with Crippen LogP contribution in [0, 0.1) is 0 Å². The molecule has 0 radical (unpaired) electrons. The number of aryl methyl sites for hydroxylation is 3. The normalized spacial score (nSPS) is 15.6. The van der Waals surface area contributed by atoms with Crippen molar-refractivity contribution in [3.8, 4) is 10.4 Å². The van der Waals surface area contributed by atoms with Gasteiger partial charge in [0.05, 0.1) is 11.1 Å². The number of aliphatic hydroxyl groups excluding tert-OH is 1. The summed E-state index contributed by atoms with van der Waals surface area (Å²) >= 11 is 3.71. The Kier molecular flexibility index (Phi) is 19.8. The van der Waals surface area contributed by atoms with E-state index in [1.165, 1.54) is 145 Å².